The van der Waals surface area contributed by atoms with Crippen molar-refractivity contribution >= 4 is 28.5 Å². The maximum absolute atomic E-state index is 12.3. The number of para-hydroxylation sites is 2. The smallest absolute Gasteiger partial charge is 0.252 e. The van der Waals surface area contributed by atoms with Crippen molar-refractivity contribution in [3.05, 3.63) is 101 Å². The van der Waals surface area contributed by atoms with Gasteiger partial charge in [-0.2, -0.15) is 0 Å². The monoisotopic (exact) mass is 559 g/mol. The minimum atomic E-state index is -0.125. The first-order valence-corrected chi connectivity index (χ1v) is 14.4. The summed E-state index contributed by atoms with van der Waals surface area (Å²) in [6.45, 7) is 5.94. The summed E-state index contributed by atoms with van der Waals surface area (Å²) in [4.78, 5) is 17.3. The van der Waals surface area contributed by atoms with E-state index in [2.05, 4.69) is 40.7 Å². The molecule has 1 amide bonds. The molecule has 0 aliphatic heterocycles. The summed E-state index contributed by atoms with van der Waals surface area (Å²) in [7, 11) is 1.67. The van der Waals surface area contributed by atoms with E-state index in [1.54, 1.807) is 19.2 Å². The normalized spacial score (nSPS) is 10.9. The van der Waals surface area contributed by atoms with Crippen LogP contribution in [0.25, 0.3) is 11.0 Å². The molecule has 0 unspecified atom stereocenters. The van der Waals surface area contributed by atoms with Gasteiger partial charge in [-0.1, -0.05) is 54.4 Å². The Morgan fingerprint density at radius 3 is 2.65 bits per heavy atom. The topological polar surface area (TPSA) is 65.4 Å². The maximum Gasteiger partial charge on any atom is 0.252 e. The van der Waals surface area contributed by atoms with Crippen LogP contribution >= 0.6 is 11.6 Å². The van der Waals surface area contributed by atoms with Gasteiger partial charge in [-0.3, -0.25) is 4.79 Å². The second-order valence-corrected chi connectivity index (χ2v) is 10.2. The van der Waals surface area contributed by atoms with E-state index in [0.717, 1.165) is 79.9 Å². The fourth-order valence-corrected chi connectivity index (χ4v) is 4.99. The molecule has 40 heavy (non-hydrogen) atoms. The molecule has 1 N–H and O–H groups in total. The number of fused-ring (bicyclic) bond motifs is 1. The number of ether oxygens (including phenoxy) is 2. The van der Waals surface area contributed by atoms with Crippen molar-refractivity contribution in [3.8, 4) is 11.5 Å². The summed E-state index contributed by atoms with van der Waals surface area (Å²) in [6, 6.07) is 21.5. The molecule has 4 aromatic rings. The summed E-state index contributed by atoms with van der Waals surface area (Å²) < 4.78 is 13.9. The lowest BCUT2D eigenvalue weighted by atomic mass is 10.1. The van der Waals surface area contributed by atoms with E-state index in [9.17, 15) is 4.79 Å². The van der Waals surface area contributed by atoms with Gasteiger partial charge in [0.1, 0.15) is 5.82 Å². The van der Waals surface area contributed by atoms with Gasteiger partial charge in [0.25, 0.3) is 5.91 Å². The van der Waals surface area contributed by atoms with Gasteiger partial charge in [0.15, 0.2) is 11.5 Å². The molecule has 1 heterocycles. The fraction of sp³-hybridized carbons (Fsp3) is 0.333. The number of hydrogen-bond donors (Lipinski definition) is 1. The summed E-state index contributed by atoms with van der Waals surface area (Å²) in [5, 5.41) is 3.45. The van der Waals surface area contributed by atoms with E-state index < -0.39 is 0 Å². The number of aryl methyl sites for hydroxylation is 2. The van der Waals surface area contributed by atoms with Crippen LogP contribution in [-0.2, 0) is 19.4 Å². The molecule has 7 heteroatoms. The van der Waals surface area contributed by atoms with Crippen LogP contribution < -0.4 is 14.8 Å². The van der Waals surface area contributed by atoms with Gasteiger partial charge in [-0.25, -0.2) is 4.98 Å². The molecule has 0 aliphatic rings. The van der Waals surface area contributed by atoms with Crippen molar-refractivity contribution in [1.29, 1.82) is 0 Å². The Morgan fingerprint density at radius 2 is 1.82 bits per heavy atom. The van der Waals surface area contributed by atoms with E-state index >= 15 is 0 Å². The number of nitrogens with one attached hydrogen (secondary N) is 1. The van der Waals surface area contributed by atoms with Gasteiger partial charge >= 0.3 is 0 Å². The predicted octanol–water partition coefficient (Wildman–Crippen LogP) is 7.43. The SMILES string of the molecule is C=CCc1ccc(OCCCCn2c(CCCCCNC(=O)c3ccccc3Cl)nc3ccccc32)c(OC)c1. The highest BCUT2D eigenvalue weighted by Crippen LogP contribution is 2.28. The zero-order valence-electron chi connectivity index (χ0n) is 23.2. The third-order valence-corrected chi connectivity index (χ3v) is 7.19. The molecule has 6 nitrogen and oxygen atoms in total. The molecule has 0 fully saturated rings. The Labute approximate surface area is 242 Å². The molecule has 210 valence electrons. The van der Waals surface area contributed by atoms with Crippen LogP contribution in [0.2, 0.25) is 5.02 Å². The highest BCUT2D eigenvalue weighted by Gasteiger charge is 2.12. The van der Waals surface area contributed by atoms with Crippen molar-refractivity contribution in [2.24, 2.45) is 0 Å². The second kappa shape index (κ2) is 15.1. The molecular formula is C33H38ClN3O3. The molecule has 4 rings (SSSR count). The first kappa shape index (κ1) is 29.2. The van der Waals surface area contributed by atoms with Gasteiger partial charge in [-0.15, -0.1) is 6.58 Å². The number of halogens is 1. The molecule has 0 radical (unpaired) electrons. The number of rotatable bonds is 16. The fourth-order valence-electron chi connectivity index (χ4n) is 4.77. The van der Waals surface area contributed by atoms with Crippen molar-refractivity contribution in [2.45, 2.75) is 51.5 Å². The first-order valence-electron chi connectivity index (χ1n) is 14.0. The molecule has 0 saturated carbocycles. The van der Waals surface area contributed by atoms with Crippen molar-refractivity contribution in [3.63, 3.8) is 0 Å². The predicted molar refractivity (Wildman–Crippen MR) is 163 cm³/mol. The molecule has 0 atom stereocenters. The zero-order valence-corrected chi connectivity index (χ0v) is 24.0. The van der Waals surface area contributed by atoms with Crippen LogP contribution in [0.4, 0.5) is 0 Å². The Balaban J connectivity index is 1.23. The van der Waals surface area contributed by atoms with Crippen LogP contribution in [0.15, 0.2) is 79.4 Å². The van der Waals surface area contributed by atoms with Crippen LogP contribution in [0, 0.1) is 0 Å². The summed E-state index contributed by atoms with van der Waals surface area (Å²) in [6.07, 6.45) is 8.42. The number of nitrogens with zero attached hydrogens (tertiary/aromatic N) is 2. The number of allylic oxidation sites excluding steroid dienone is 1. The van der Waals surface area contributed by atoms with Crippen molar-refractivity contribution in [1.82, 2.24) is 14.9 Å². The van der Waals surface area contributed by atoms with Crippen LogP contribution in [-0.4, -0.2) is 35.7 Å². The lowest BCUT2D eigenvalue weighted by molar-refractivity contribution is 0.0953. The molecular weight excluding hydrogens is 522 g/mol. The Bertz CT molecular complexity index is 1420. The van der Waals surface area contributed by atoms with Gasteiger partial charge in [0.2, 0.25) is 0 Å². The van der Waals surface area contributed by atoms with E-state index in [1.165, 1.54) is 5.52 Å². The third-order valence-electron chi connectivity index (χ3n) is 6.86. The van der Waals surface area contributed by atoms with Crippen LogP contribution in [0.3, 0.4) is 0 Å². The maximum atomic E-state index is 12.3. The molecule has 0 saturated heterocycles. The van der Waals surface area contributed by atoms with Crippen molar-refractivity contribution < 1.29 is 14.3 Å². The van der Waals surface area contributed by atoms with Gasteiger partial charge in [0.05, 0.1) is 35.3 Å². The average Bonchev–Trinajstić information content (AvgIpc) is 3.32. The number of methoxy groups -OCH3 is 1. The average molecular weight is 560 g/mol. The molecule has 0 bridgehead atoms. The summed E-state index contributed by atoms with van der Waals surface area (Å²) in [5.41, 5.74) is 3.87. The van der Waals surface area contributed by atoms with E-state index in [-0.39, 0.29) is 5.91 Å². The highest BCUT2D eigenvalue weighted by atomic mass is 35.5. The molecule has 0 aliphatic carbocycles. The number of benzene rings is 3. The highest BCUT2D eigenvalue weighted by molar-refractivity contribution is 6.33. The van der Waals surface area contributed by atoms with Gasteiger partial charge < -0.3 is 19.4 Å². The van der Waals surface area contributed by atoms with Gasteiger partial charge in [0, 0.05) is 19.5 Å². The minimum Gasteiger partial charge on any atom is -0.493 e. The number of carbonyl (C=O) groups is 1. The summed E-state index contributed by atoms with van der Waals surface area (Å²) in [5.74, 6) is 2.51. The number of hydrogen-bond acceptors (Lipinski definition) is 4. The third kappa shape index (κ3) is 7.89. The zero-order chi connectivity index (χ0) is 28.2. The molecule has 1 aromatic heterocycles. The molecule has 3 aromatic carbocycles. The Hall–Kier alpha value is -3.77. The van der Waals surface area contributed by atoms with E-state index in [1.807, 2.05) is 36.4 Å². The number of aromatic nitrogens is 2. The quantitative estimate of drug-likeness (QED) is 0.114. The Morgan fingerprint density at radius 1 is 1.00 bits per heavy atom. The largest absolute Gasteiger partial charge is 0.493 e. The second-order valence-electron chi connectivity index (χ2n) is 9.75. The summed E-state index contributed by atoms with van der Waals surface area (Å²) >= 11 is 6.12. The van der Waals surface area contributed by atoms with E-state index in [0.29, 0.717) is 23.7 Å². The van der Waals surface area contributed by atoms with Crippen molar-refractivity contribution in [2.75, 3.05) is 20.3 Å². The Kier molecular flexibility index (Phi) is 11.1. The van der Waals surface area contributed by atoms with Crippen LogP contribution in [0.1, 0.15) is 53.8 Å². The van der Waals surface area contributed by atoms with Gasteiger partial charge in [-0.05, 0) is 74.1 Å². The first-order chi connectivity index (χ1) is 19.6. The lowest BCUT2D eigenvalue weighted by Gasteiger charge is -2.13. The number of amides is 1. The number of unbranched alkanes of at least 4 members (excludes halogenated alkanes) is 3. The number of imidazole rings is 1. The lowest BCUT2D eigenvalue weighted by Crippen LogP contribution is -2.24. The minimum absolute atomic E-state index is 0.125. The number of carbonyl (C=O) groups excluding carboxylic acids is 1. The van der Waals surface area contributed by atoms with E-state index in [4.69, 9.17) is 26.1 Å². The van der Waals surface area contributed by atoms with Crippen LogP contribution in [0.5, 0.6) is 11.5 Å². The molecule has 0 spiro atoms. The standard InChI is InChI=1S/C33H38ClN3O3/c1-3-13-25-19-20-30(31(24-25)39-2)40-23-12-11-22-37-29-17-9-8-16-28(29)36-32(37)18-5-4-10-21-35-33(38)26-14-6-7-15-27(26)34/h3,6-9,14-17,19-20,24H,1,4-5,10-13,18,21-23H2,2H3,(H,35,38).